The Bertz CT molecular complexity index is 1100. The molecule has 0 unspecified atom stereocenters. The van der Waals surface area contributed by atoms with Gasteiger partial charge in [0, 0.05) is 43.3 Å². The first-order valence-corrected chi connectivity index (χ1v) is 9.91. The van der Waals surface area contributed by atoms with Crippen LogP contribution in [0, 0.1) is 0 Å². The molecule has 6 nitrogen and oxygen atoms in total. The normalized spacial score (nSPS) is 14.3. The lowest BCUT2D eigenvalue weighted by Crippen LogP contribution is -2.36. The highest BCUT2D eigenvalue weighted by molar-refractivity contribution is 5.90. The molecule has 0 saturated carbocycles. The molecule has 0 bridgehead atoms. The number of ether oxygens (including phenoxy) is 1. The quantitative estimate of drug-likeness (QED) is 0.542. The van der Waals surface area contributed by atoms with Gasteiger partial charge in [-0.1, -0.05) is 24.3 Å². The number of nitrogens with zero attached hydrogens (tertiary/aromatic N) is 3. The van der Waals surface area contributed by atoms with Crippen LogP contribution in [0.4, 0.5) is 11.4 Å². The van der Waals surface area contributed by atoms with Crippen molar-refractivity contribution in [3.63, 3.8) is 0 Å². The molecule has 1 fully saturated rings. The van der Waals surface area contributed by atoms with E-state index in [0.717, 1.165) is 60.0 Å². The summed E-state index contributed by atoms with van der Waals surface area (Å²) in [5, 5.41) is 3.49. The number of anilines is 2. The predicted octanol–water partition coefficient (Wildman–Crippen LogP) is 4.07. The first-order valence-electron chi connectivity index (χ1n) is 9.91. The highest BCUT2D eigenvalue weighted by atomic mass is 16.5. The molecule has 2 aromatic heterocycles. The molecule has 29 heavy (non-hydrogen) atoms. The Morgan fingerprint density at radius 2 is 1.93 bits per heavy atom. The van der Waals surface area contributed by atoms with Crippen molar-refractivity contribution in [2.75, 3.05) is 36.5 Å². The summed E-state index contributed by atoms with van der Waals surface area (Å²) < 4.78 is 5.47. The van der Waals surface area contributed by atoms with Crippen LogP contribution in [0.5, 0.6) is 0 Å². The van der Waals surface area contributed by atoms with Gasteiger partial charge in [0.15, 0.2) is 0 Å². The highest BCUT2D eigenvalue weighted by Gasteiger charge is 2.14. The Morgan fingerprint density at radius 1 is 1.03 bits per heavy atom. The van der Waals surface area contributed by atoms with Crippen LogP contribution < -0.4 is 10.2 Å². The zero-order valence-corrected chi connectivity index (χ0v) is 16.1. The fourth-order valence-corrected chi connectivity index (χ4v) is 3.68. The molecule has 0 radical (unpaired) electrons. The lowest BCUT2D eigenvalue weighted by Gasteiger charge is -2.29. The second kappa shape index (κ2) is 7.93. The number of fused-ring (bicyclic) bond motifs is 1. The molecular formula is C23H23N5O. The van der Waals surface area contributed by atoms with E-state index in [9.17, 15) is 0 Å². The first kappa shape index (κ1) is 17.7. The third-order valence-corrected chi connectivity index (χ3v) is 5.21. The fraction of sp³-hybridized carbons (Fsp3) is 0.217. The average Bonchev–Trinajstić information content (AvgIpc) is 3.24. The molecule has 1 saturated heterocycles. The van der Waals surface area contributed by atoms with E-state index in [-0.39, 0.29) is 0 Å². The Kier molecular flexibility index (Phi) is 4.84. The molecule has 5 rings (SSSR count). The summed E-state index contributed by atoms with van der Waals surface area (Å²) >= 11 is 0. The van der Waals surface area contributed by atoms with Gasteiger partial charge in [0.05, 0.1) is 24.4 Å². The lowest BCUT2D eigenvalue weighted by atomic mass is 10.1. The Hall–Kier alpha value is -3.38. The van der Waals surface area contributed by atoms with Crippen LogP contribution in [0.25, 0.3) is 22.4 Å². The monoisotopic (exact) mass is 385 g/mol. The molecule has 0 amide bonds. The number of aromatic amines is 1. The zero-order valence-electron chi connectivity index (χ0n) is 16.1. The number of imidazole rings is 1. The van der Waals surface area contributed by atoms with Crippen molar-refractivity contribution < 1.29 is 4.74 Å². The standard InChI is InChI=1S/C23H23N5O/c1-5-18(14-19(6-1)28-10-12-29-13-11-28)23-26-21-8-2-7-20(22(21)27-23)25-16-17-4-3-9-24-15-17/h1-9,14-15,25H,10-13,16H2,(H,26,27). The van der Waals surface area contributed by atoms with E-state index in [1.54, 1.807) is 6.20 Å². The first-order chi connectivity index (χ1) is 14.4. The van der Waals surface area contributed by atoms with Crippen molar-refractivity contribution in [1.29, 1.82) is 0 Å². The summed E-state index contributed by atoms with van der Waals surface area (Å²) in [5.41, 5.74) is 6.41. The Labute approximate surface area is 169 Å². The van der Waals surface area contributed by atoms with Crippen molar-refractivity contribution in [3.8, 4) is 11.4 Å². The van der Waals surface area contributed by atoms with E-state index in [1.165, 1.54) is 5.69 Å². The largest absolute Gasteiger partial charge is 0.379 e. The van der Waals surface area contributed by atoms with Crippen LogP contribution in [0.3, 0.4) is 0 Å². The molecule has 0 aliphatic carbocycles. The van der Waals surface area contributed by atoms with Gasteiger partial charge in [-0.15, -0.1) is 0 Å². The van der Waals surface area contributed by atoms with E-state index < -0.39 is 0 Å². The average molecular weight is 385 g/mol. The molecule has 1 aliphatic rings. The summed E-state index contributed by atoms with van der Waals surface area (Å²) in [6.45, 7) is 4.11. The van der Waals surface area contributed by atoms with Gasteiger partial charge in [-0.2, -0.15) is 0 Å². The molecule has 3 heterocycles. The van der Waals surface area contributed by atoms with Crippen molar-refractivity contribution in [2.24, 2.45) is 0 Å². The topological polar surface area (TPSA) is 66.1 Å². The van der Waals surface area contributed by atoms with Crippen LogP contribution in [0.2, 0.25) is 0 Å². The molecule has 0 atom stereocenters. The highest BCUT2D eigenvalue weighted by Crippen LogP contribution is 2.28. The van der Waals surface area contributed by atoms with E-state index in [1.807, 2.05) is 18.3 Å². The number of hydrogen-bond donors (Lipinski definition) is 2. The molecule has 1 aliphatic heterocycles. The second-order valence-corrected chi connectivity index (χ2v) is 7.15. The summed E-state index contributed by atoms with van der Waals surface area (Å²) in [7, 11) is 0. The van der Waals surface area contributed by atoms with E-state index in [4.69, 9.17) is 9.72 Å². The minimum absolute atomic E-state index is 0.710. The molecule has 6 heteroatoms. The van der Waals surface area contributed by atoms with Crippen LogP contribution in [-0.2, 0) is 11.3 Å². The number of nitrogens with one attached hydrogen (secondary N) is 2. The molecule has 146 valence electrons. The van der Waals surface area contributed by atoms with Crippen molar-refractivity contribution in [3.05, 3.63) is 72.6 Å². The van der Waals surface area contributed by atoms with Gasteiger partial charge < -0.3 is 19.9 Å². The van der Waals surface area contributed by atoms with E-state index in [0.29, 0.717) is 6.54 Å². The van der Waals surface area contributed by atoms with Crippen LogP contribution in [0.1, 0.15) is 5.56 Å². The predicted molar refractivity (Wildman–Crippen MR) is 116 cm³/mol. The molecule has 2 N–H and O–H groups in total. The fourth-order valence-electron chi connectivity index (χ4n) is 3.68. The maximum Gasteiger partial charge on any atom is 0.138 e. The number of benzene rings is 2. The third-order valence-electron chi connectivity index (χ3n) is 5.21. The van der Waals surface area contributed by atoms with Gasteiger partial charge in [0.25, 0.3) is 0 Å². The van der Waals surface area contributed by atoms with Gasteiger partial charge in [-0.05, 0) is 35.9 Å². The SMILES string of the molecule is c1cncc(CNc2cccc3[nH]c(-c4cccc(N5CCOCC5)c4)nc23)c1. The third kappa shape index (κ3) is 3.79. The van der Waals surface area contributed by atoms with Crippen LogP contribution in [-0.4, -0.2) is 41.3 Å². The number of hydrogen-bond acceptors (Lipinski definition) is 5. The van der Waals surface area contributed by atoms with Gasteiger partial charge in [0.2, 0.25) is 0 Å². The Balaban J connectivity index is 1.43. The molecule has 4 aromatic rings. The van der Waals surface area contributed by atoms with Gasteiger partial charge in [-0.25, -0.2) is 4.98 Å². The smallest absolute Gasteiger partial charge is 0.138 e. The molecule has 2 aromatic carbocycles. The number of morpholine rings is 1. The van der Waals surface area contributed by atoms with Crippen LogP contribution in [0.15, 0.2) is 67.0 Å². The summed E-state index contributed by atoms with van der Waals surface area (Å²) in [6.07, 6.45) is 3.66. The molecule has 0 spiro atoms. The summed E-state index contributed by atoms with van der Waals surface area (Å²) in [5.74, 6) is 0.880. The van der Waals surface area contributed by atoms with Gasteiger partial charge >= 0.3 is 0 Å². The maximum absolute atomic E-state index is 5.47. The summed E-state index contributed by atoms with van der Waals surface area (Å²) in [6, 6.07) is 18.7. The number of rotatable bonds is 5. The Morgan fingerprint density at radius 3 is 2.79 bits per heavy atom. The van der Waals surface area contributed by atoms with Crippen LogP contribution >= 0.6 is 0 Å². The van der Waals surface area contributed by atoms with Gasteiger partial charge in [0.1, 0.15) is 11.3 Å². The number of aromatic nitrogens is 3. The number of para-hydroxylation sites is 1. The lowest BCUT2D eigenvalue weighted by molar-refractivity contribution is 0.122. The van der Waals surface area contributed by atoms with E-state index >= 15 is 0 Å². The van der Waals surface area contributed by atoms with Crippen molar-refractivity contribution in [2.45, 2.75) is 6.54 Å². The van der Waals surface area contributed by atoms with Gasteiger partial charge in [-0.3, -0.25) is 4.98 Å². The zero-order chi connectivity index (χ0) is 19.5. The van der Waals surface area contributed by atoms with E-state index in [2.05, 4.69) is 62.6 Å². The van der Waals surface area contributed by atoms with Crippen molar-refractivity contribution in [1.82, 2.24) is 15.0 Å². The maximum atomic E-state index is 5.47. The number of H-pyrrole nitrogens is 1. The minimum Gasteiger partial charge on any atom is -0.379 e. The summed E-state index contributed by atoms with van der Waals surface area (Å²) in [4.78, 5) is 14.9. The number of pyridine rings is 1. The minimum atomic E-state index is 0.710. The second-order valence-electron chi connectivity index (χ2n) is 7.15. The van der Waals surface area contributed by atoms with Crippen molar-refractivity contribution >= 4 is 22.4 Å². The molecular weight excluding hydrogens is 362 g/mol.